The van der Waals surface area contributed by atoms with Crippen LogP contribution in [0.1, 0.15) is 12.5 Å². The van der Waals surface area contributed by atoms with E-state index in [1.165, 1.54) is 0 Å². The molecule has 1 aromatic heterocycles. The number of rotatable bonds is 5. The SMILES string of the molecule is CC(C(=O)O)N(C)CCc1ccc2[nH]c(=O)oc2c1. The third kappa shape index (κ3) is 3.03. The largest absolute Gasteiger partial charge is 0.480 e. The van der Waals surface area contributed by atoms with Crippen molar-refractivity contribution in [2.75, 3.05) is 13.6 Å². The van der Waals surface area contributed by atoms with Crippen LogP contribution in [-0.4, -0.2) is 40.6 Å². The first kappa shape index (κ1) is 13.4. The minimum Gasteiger partial charge on any atom is -0.480 e. The van der Waals surface area contributed by atoms with Crippen LogP contribution in [0.4, 0.5) is 0 Å². The first-order chi connectivity index (χ1) is 8.97. The molecule has 6 heteroatoms. The molecule has 1 aromatic carbocycles. The van der Waals surface area contributed by atoms with Crippen molar-refractivity contribution in [2.45, 2.75) is 19.4 Å². The maximum atomic E-state index is 11.0. The Labute approximate surface area is 109 Å². The summed E-state index contributed by atoms with van der Waals surface area (Å²) in [4.78, 5) is 26.2. The highest BCUT2D eigenvalue weighted by Crippen LogP contribution is 2.13. The number of H-pyrrole nitrogens is 1. The van der Waals surface area contributed by atoms with Crippen molar-refractivity contribution in [2.24, 2.45) is 0 Å². The zero-order valence-corrected chi connectivity index (χ0v) is 10.8. The lowest BCUT2D eigenvalue weighted by Crippen LogP contribution is -2.37. The second-order valence-electron chi connectivity index (χ2n) is 4.59. The number of carbonyl (C=O) groups is 1. The van der Waals surface area contributed by atoms with Crippen LogP contribution >= 0.6 is 0 Å². The van der Waals surface area contributed by atoms with Gasteiger partial charge >= 0.3 is 11.7 Å². The molecule has 0 saturated carbocycles. The number of nitrogens with zero attached hydrogens (tertiary/aromatic N) is 1. The number of aromatic nitrogens is 1. The Balaban J connectivity index is 2.05. The molecule has 2 N–H and O–H groups in total. The topological polar surface area (TPSA) is 86.5 Å². The molecule has 1 unspecified atom stereocenters. The first-order valence-electron chi connectivity index (χ1n) is 6.02. The van der Waals surface area contributed by atoms with Crippen molar-refractivity contribution < 1.29 is 14.3 Å². The fourth-order valence-electron chi connectivity index (χ4n) is 1.83. The summed E-state index contributed by atoms with van der Waals surface area (Å²) in [6.07, 6.45) is 0.693. The van der Waals surface area contributed by atoms with Gasteiger partial charge in [-0.1, -0.05) is 6.07 Å². The average Bonchev–Trinajstić information content (AvgIpc) is 2.74. The molecular weight excluding hydrogens is 248 g/mol. The average molecular weight is 264 g/mol. The van der Waals surface area contributed by atoms with Crippen molar-refractivity contribution in [1.29, 1.82) is 0 Å². The number of benzene rings is 1. The molecule has 102 valence electrons. The molecule has 0 fully saturated rings. The molecule has 1 heterocycles. The normalized spacial score (nSPS) is 13.0. The number of aliphatic carboxylic acids is 1. The van der Waals surface area contributed by atoms with Crippen LogP contribution in [0.25, 0.3) is 11.1 Å². The second kappa shape index (κ2) is 5.27. The van der Waals surface area contributed by atoms with Crippen LogP contribution in [0.5, 0.6) is 0 Å². The van der Waals surface area contributed by atoms with Crippen molar-refractivity contribution in [3.05, 3.63) is 34.3 Å². The zero-order chi connectivity index (χ0) is 14.0. The number of hydrogen-bond acceptors (Lipinski definition) is 4. The number of likely N-dealkylation sites (N-methyl/N-ethyl adjacent to an activating group) is 1. The minimum atomic E-state index is -0.838. The predicted molar refractivity (Wildman–Crippen MR) is 70.3 cm³/mol. The number of aromatic amines is 1. The van der Waals surface area contributed by atoms with Gasteiger partial charge in [-0.25, -0.2) is 4.79 Å². The highest BCUT2D eigenvalue weighted by molar-refractivity contribution is 5.73. The lowest BCUT2D eigenvalue weighted by atomic mass is 10.1. The molecule has 0 spiro atoms. The van der Waals surface area contributed by atoms with E-state index in [4.69, 9.17) is 9.52 Å². The van der Waals surface area contributed by atoms with E-state index in [2.05, 4.69) is 4.98 Å². The first-order valence-corrected chi connectivity index (χ1v) is 6.02. The van der Waals surface area contributed by atoms with Crippen molar-refractivity contribution in [3.63, 3.8) is 0 Å². The molecule has 2 aromatic rings. The van der Waals surface area contributed by atoms with E-state index in [-0.39, 0.29) is 0 Å². The molecule has 0 aliphatic heterocycles. The maximum absolute atomic E-state index is 11.0. The lowest BCUT2D eigenvalue weighted by molar-refractivity contribution is -0.142. The third-order valence-corrected chi connectivity index (χ3v) is 3.26. The van der Waals surface area contributed by atoms with E-state index in [1.807, 2.05) is 6.07 Å². The Bertz CT molecular complexity index is 643. The summed E-state index contributed by atoms with van der Waals surface area (Å²) >= 11 is 0. The smallest absolute Gasteiger partial charge is 0.417 e. The summed E-state index contributed by atoms with van der Waals surface area (Å²) in [6.45, 7) is 2.27. The Morgan fingerprint density at radius 3 is 2.95 bits per heavy atom. The summed E-state index contributed by atoms with van der Waals surface area (Å²) in [5, 5.41) is 8.90. The molecule has 19 heavy (non-hydrogen) atoms. The van der Waals surface area contributed by atoms with Gasteiger partial charge in [-0.3, -0.25) is 14.7 Å². The van der Waals surface area contributed by atoms with Gasteiger partial charge in [0.2, 0.25) is 0 Å². The van der Waals surface area contributed by atoms with Gasteiger partial charge in [0.15, 0.2) is 5.58 Å². The second-order valence-corrected chi connectivity index (χ2v) is 4.59. The minimum absolute atomic E-state index is 0.469. The predicted octanol–water partition coefficient (Wildman–Crippen LogP) is 1.07. The van der Waals surface area contributed by atoms with Crippen LogP contribution in [0, 0.1) is 0 Å². The van der Waals surface area contributed by atoms with Crippen LogP contribution in [-0.2, 0) is 11.2 Å². The number of oxazole rings is 1. The molecule has 0 aliphatic carbocycles. The van der Waals surface area contributed by atoms with Crippen molar-refractivity contribution in [1.82, 2.24) is 9.88 Å². The molecule has 0 radical (unpaired) electrons. The van der Waals surface area contributed by atoms with E-state index in [0.717, 1.165) is 5.56 Å². The van der Waals surface area contributed by atoms with Gasteiger partial charge in [0.05, 0.1) is 5.52 Å². The Morgan fingerprint density at radius 2 is 2.26 bits per heavy atom. The van der Waals surface area contributed by atoms with Crippen LogP contribution < -0.4 is 5.76 Å². The standard InChI is InChI=1S/C13H16N2O4/c1-8(12(16)17)15(2)6-5-9-3-4-10-11(7-9)19-13(18)14-10/h3-4,7-8H,5-6H2,1-2H3,(H,14,18)(H,16,17). The third-order valence-electron chi connectivity index (χ3n) is 3.26. The molecule has 0 amide bonds. The molecular formula is C13H16N2O4. The molecule has 1 atom stereocenters. The molecule has 0 saturated heterocycles. The molecule has 0 aliphatic rings. The van der Waals surface area contributed by atoms with Crippen molar-refractivity contribution in [3.8, 4) is 0 Å². The highest BCUT2D eigenvalue weighted by atomic mass is 16.4. The van der Waals surface area contributed by atoms with Gasteiger partial charge in [-0.15, -0.1) is 0 Å². The molecule has 0 bridgehead atoms. The highest BCUT2D eigenvalue weighted by Gasteiger charge is 2.16. The summed E-state index contributed by atoms with van der Waals surface area (Å²) in [7, 11) is 1.77. The van der Waals surface area contributed by atoms with Gasteiger partial charge in [0.25, 0.3) is 0 Å². The van der Waals surface area contributed by atoms with Crippen molar-refractivity contribution >= 4 is 17.1 Å². The van der Waals surface area contributed by atoms with Gasteiger partial charge in [-0.2, -0.15) is 0 Å². The van der Waals surface area contributed by atoms with Crippen LogP contribution in [0.3, 0.4) is 0 Å². The van der Waals surface area contributed by atoms with E-state index < -0.39 is 17.8 Å². The van der Waals surface area contributed by atoms with Gasteiger partial charge in [0, 0.05) is 6.54 Å². The Kier molecular flexibility index (Phi) is 3.71. The van der Waals surface area contributed by atoms with Gasteiger partial charge in [0.1, 0.15) is 6.04 Å². The monoisotopic (exact) mass is 264 g/mol. The molecule has 2 rings (SSSR count). The number of carboxylic acid groups (broad SMARTS) is 1. The Morgan fingerprint density at radius 1 is 1.53 bits per heavy atom. The van der Waals surface area contributed by atoms with E-state index in [9.17, 15) is 9.59 Å². The van der Waals surface area contributed by atoms with E-state index in [1.54, 1.807) is 31.0 Å². The lowest BCUT2D eigenvalue weighted by Gasteiger charge is -2.20. The Hall–Kier alpha value is -2.08. The summed E-state index contributed by atoms with van der Waals surface area (Å²) < 4.78 is 4.98. The number of fused-ring (bicyclic) bond motifs is 1. The zero-order valence-electron chi connectivity index (χ0n) is 10.8. The number of hydrogen-bond donors (Lipinski definition) is 2. The summed E-state index contributed by atoms with van der Waals surface area (Å²) in [5.74, 6) is -1.31. The summed E-state index contributed by atoms with van der Waals surface area (Å²) in [5.41, 5.74) is 2.19. The fourth-order valence-corrected chi connectivity index (χ4v) is 1.83. The quantitative estimate of drug-likeness (QED) is 0.843. The molecule has 6 nitrogen and oxygen atoms in total. The maximum Gasteiger partial charge on any atom is 0.417 e. The number of nitrogens with one attached hydrogen (secondary N) is 1. The number of carboxylic acids is 1. The van der Waals surface area contributed by atoms with Crippen LogP contribution in [0.15, 0.2) is 27.4 Å². The summed E-state index contributed by atoms with van der Waals surface area (Å²) in [6, 6.07) is 4.96. The van der Waals surface area contributed by atoms with Crippen LogP contribution in [0.2, 0.25) is 0 Å². The van der Waals surface area contributed by atoms with Gasteiger partial charge in [-0.05, 0) is 38.1 Å². The van der Waals surface area contributed by atoms with E-state index >= 15 is 0 Å². The fraction of sp³-hybridized carbons (Fsp3) is 0.385. The van der Waals surface area contributed by atoms with Gasteiger partial charge < -0.3 is 9.52 Å². The van der Waals surface area contributed by atoms with E-state index in [0.29, 0.717) is 24.1 Å².